The number of aromatic nitrogens is 4. The molecule has 142 valence electrons. The van der Waals surface area contributed by atoms with Gasteiger partial charge in [0.25, 0.3) is 0 Å². The summed E-state index contributed by atoms with van der Waals surface area (Å²) in [6.07, 6.45) is 0. The molecule has 0 atom stereocenters. The van der Waals surface area contributed by atoms with Crippen LogP contribution in [0.3, 0.4) is 0 Å². The quantitative estimate of drug-likeness (QED) is 0.303. The number of thiazole rings is 1. The van der Waals surface area contributed by atoms with Crippen LogP contribution in [0.1, 0.15) is 18.2 Å². The number of nitrogens with zero attached hydrogens (tertiary/aromatic N) is 4. The van der Waals surface area contributed by atoms with Crippen molar-refractivity contribution in [1.82, 2.24) is 19.7 Å². The molecule has 4 nitrogen and oxygen atoms in total. The summed E-state index contributed by atoms with van der Waals surface area (Å²) < 4.78 is 3.21. The predicted molar refractivity (Wildman–Crippen MR) is 121 cm³/mol. The average molecular weight is 471 g/mol. The van der Waals surface area contributed by atoms with E-state index in [1.165, 1.54) is 11.1 Å². The zero-order valence-electron chi connectivity index (χ0n) is 15.6. The number of benzene rings is 2. The molecular weight excluding hydrogens is 452 g/mol. The molecule has 0 spiro atoms. The Hall–Kier alpha value is -1.96. The molecule has 0 unspecified atom stereocenters. The number of hydrogen-bond acceptors (Lipinski definition) is 5. The molecule has 0 bridgehead atoms. The first-order valence-corrected chi connectivity index (χ1v) is 11.6. The van der Waals surface area contributed by atoms with Gasteiger partial charge in [0.15, 0.2) is 11.0 Å². The number of halogens is 1. The van der Waals surface area contributed by atoms with E-state index in [1.807, 2.05) is 12.1 Å². The second-order valence-corrected chi connectivity index (χ2v) is 9.08. The molecule has 0 aliphatic rings. The summed E-state index contributed by atoms with van der Waals surface area (Å²) in [4.78, 5) is 4.80. The van der Waals surface area contributed by atoms with Crippen molar-refractivity contribution in [3.63, 3.8) is 0 Å². The van der Waals surface area contributed by atoms with E-state index in [-0.39, 0.29) is 0 Å². The Bertz CT molecular complexity index is 1090. The maximum Gasteiger partial charge on any atom is 0.191 e. The van der Waals surface area contributed by atoms with Crippen molar-refractivity contribution in [2.75, 3.05) is 0 Å². The lowest BCUT2D eigenvalue weighted by atomic mass is 10.1. The SMILES string of the molecule is CCn1c(SCc2csc(-c3cccc(C)c3)n2)nnc1-c1ccc(Br)cc1. The van der Waals surface area contributed by atoms with Crippen LogP contribution in [0.2, 0.25) is 0 Å². The topological polar surface area (TPSA) is 43.6 Å². The maximum absolute atomic E-state index is 4.80. The van der Waals surface area contributed by atoms with Gasteiger partial charge in [-0.15, -0.1) is 21.5 Å². The minimum Gasteiger partial charge on any atom is -0.302 e. The predicted octanol–water partition coefficient (Wildman–Crippen LogP) is 6.45. The largest absolute Gasteiger partial charge is 0.302 e. The van der Waals surface area contributed by atoms with Crippen LogP contribution < -0.4 is 0 Å². The molecule has 0 radical (unpaired) electrons. The van der Waals surface area contributed by atoms with Crippen LogP contribution in [0.25, 0.3) is 22.0 Å². The van der Waals surface area contributed by atoms with Crippen LogP contribution in [0.4, 0.5) is 0 Å². The summed E-state index contributed by atoms with van der Waals surface area (Å²) in [7, 11) is 0. The molecule has 0 amide bonds. The normalized spacial score (nSPS) is 11.1. The van der Waals surface area contributed by atoms with E-state index in [2.05, 4.69) is 86.3 Å². The Morgan fingerprint density at radius 1 is 1.07 bits per heavy atom. The van der Waals surface area contributed by atoms with E-state index >= 15 is 0 Å². The Balaban J connectivity index is 1.50. The second-order valence-electron chi connectivity index (χ2n) is 6.36. The minimum atomic E-state index is 0.779. The highest BCUT2D eigenvalue weighted by atomic mass is 79.9. The molecule has 0 saturated carbocycles. The van der Waals surface area contributed by atoms with Gasteiger partial charge in [-0.2, -0.15) is 0 Å². The molecule has 0 N–H and O–H groups in total. The van der Waals surface area contributed by atoms with E-state index in [0.717, 1.165) is 44.0 Å². The Kier molecular flexibility index (Phi) is 5.94. The van der Waals surface area contributed by atoms with Crippen molar-refractivity contribution in [1.29, 1.82) is 0 Å². The fourth-order valence-corrected chi connectivity index (χ4v) is 5.00. The van der Waals surface area contributed by atoms with E-state index in [9.17, 15) is 0 Å². The Morgan fingerprint density at radius 2 is 1.89 bits per heavy atom. The molecular formula is C21H19BrN4S2. The van der Waals surface area contributed by atoms with Crippen LogP contribution >= 0.6 is 39.0 Å². The third-order valence-electron chi connectivity index (χ3n) is 4.30. The van der Waals surface area contributed by atoms with Crippen molar-refractivity contribution in [3.8, 4) is 22.0 Å². The number of hydrogen-bond donors (Lipinski definition) is 0. The van der Waals surface area contributed by atoms with Gasteiger partial charge in [0.2, 0.25) is 0 Å². The summed E-state index contributed by atoms with van der Waals surface area (Å²) >= 11 is 6.85. The van der Waals surface area contributed by atoms with Crippen molar-refractivity contribution >= 4 is 39.0 Å². The number of aryl methyl sites for hydroxylation is 1. The maximum atomic E-state index is 4.80. The smallest absolute Gasteiger partial charge is 0.191 e. The molecule has 4 aromatic rings. The van der Waals surface area contributed by atoms with Gasteiger partial charge in [-0.25, -0.2) is 4.98 Å². The summed E-state index contributed by atoms with van der Waals surface area (Å²) in [5.74, 6) is 1.68. The van der Waals surface area contributed by atoms with Crippen LogP contribution in [-0.2, 0) is 12.3 Å². The van der Waals surface area contributed by atoms with Gasteiger partial charge in [0.05, 0.1) is 5.69 Å². The second kappa shape index (κ2) is 8.59. The van der Waals surface area contributed by atoms with E-state index in [0.29, 0.717) is 0 Å². The first kappa shape index (κ1) is 19.4. The third-order valence-corrected chi connectivity index (χ3v) is 6.77. The van der Waals surface area contributed by atoms with Crippen molar-refractivity contribution in [2.24, 2.45) is 0 Å². The molecule has 7 heteroatoms. The summed E-state index contributed by atoms with van der Waals surface area (Å²) in [6.45, 7) is 5.05. The van der Waals surface area contributed by atoms with E-state index in [4.69, 9.17) is 4.98 Å². The molecule has 0 fully saturated rings. The lowest BCUT2D eigenvalue weighted by molar-refractivity contribution is 0.687. The van der Waals surface area contributed by atoms with Crippen LogP contribution in [0, 0.1) is 6.92 Å². The zero-order valence-corrected chi connectivity index (χ0v) is 18.8. The van der Waals surface area contributed by atoms with Crippen LogP contribution in [0.15, 0.2) is 63.5 Å². The van der Waals surface area contributed by atoms with Crippen LogP contribution in [-0.4, -0.2) is 19.7 Å². The van der Waals surface area contributed by atoms with Gasteiger partial charge in [0, 0.05) is 33.3 Å². The highest BCUT2D eigenvalue weighted by Gasteiger charge is 2.14. The average Bonchev–Trinajstić information content (AvgIpc) is 3.34. The molecule has 2 aromatic carbocycles. The van der Waals surface area contributed by atoms with Crippen LogP contribution in [0.5, 0.6) is 0 Å². The zero-order chi connectivity index (χ0) is 19.5. The highest BCUT2D eigenvalue weighted by molar-refractivity contribution is 9.10. The lowest BCUT2D eigenvalue weighted by Crippen LogP contribution is -1.99. The molecule has 0 saturated heterocycles. The van der Waals surface area contributed by atoms with Crippen molar-refractivity contribution < 1.29 is 0 Å². The molecule has 4 rings (SSSR count). The van der Waals surface area contributed by atoms with Gasteiger partial charge in [0.1, 0.15) is 5.01 Å². The van der Waals surface area contributed by atoms with Crippen molar-refractivity contribution in [2.45, 2.75) is 31.3 Å². The van der Waals surface area contributed by atoms with Gasteiger partial charge in [-0.05, 0) is 32.0 Å². The van der Waals surface area contributed by atoms with Gasteiger partial charge in [-0.1, -0.05) is 63.6 Å². The number of rotatable bonds is 6. The number of thioether (sulfide) groups is 1. The first-order chi connectivity index (χ1) is 13.6. The van der Waals surface area contributed by atoms with E-state index in [1.54, 1.807) is 23.1 Å². The summed E-state index contributed by atoms with van der Waals surface area (Å²) in [5.41, 5.74) is 4.57. The molecule has 0 aliphatic carbocycles. The monoisotopic (exact) mass is 470 g/mol. The summed E-state index contributed by atoms with van der Waals surface area (Å²) in [5, 5.41) is 13.0. The van der Waals surface area contributed by atoms with Gasteiger partial charge >= 0.3 is 0 Å². The van der Waals surface area contributed by atoms with Gasteiger partial charge < -0.3 is 4.57 Å². The Morgan fingerprint density at radius 3 is 2.64 bits per heavy atom. The molecule has 0 aliphatic heterocycles. The summed E-state index contributed by atoms with van der Waals surface area (Å²) in [6, 6.07) is 16.6. The fourth-order valence-electron chi connectivity index (χ4n) is 2.92. The highest BCUT2D eigenvalue weighted by Crippen LogP contribution is 2.30. The van der Waals surface area contributed by atoms with E-state index < -0.39 is 0 Å². The minimum absolute atomic E-state index is 0.779. The molecule has 2 heterocycles. The first-order valence-electron chi connectivity index (χ1n) is 8.97. The fraction of sp³-hybridized carbons (Fsp3) is 0.190. The van der Waals surface area contributed by atoms with Crippen molar-refractivity contribution in [3.05, 3.63) is 69.6 Å². The molecule has 28 heavy (non-hydrogen) atoms. The third kappa shape index (κ3) is 4.21. The lowest BCUT2D eigenvalue weighted by Gasteiger charge is -2.07. The van der Waals surface area contributed by atoms with Gasteiger partial charge in [-0.3, -0.25) is 0 Å². The molecule has 2 aromatic heterocycles. The standard InChI is InChI=1S/C21H19BrN4S2/c1-3-26-19(15-7-9-17(22)10-8-15)24-25-21(26)28-13-18-12-27-20(23-18)16-6-4-5-14(2)11-16/h4-12H,3,13H2,1-2H3. The Labute approximate surface area is 181 Å².